The first kappa shape index (κ1) is 68.3. The van der Waals surface area contributed by atoms with Crippen LogP contribution in [0.15, 0.2) is 36.5 Å². The van der Waals surface area contributed by atoms with Crippen LogP contribution in [-0.4, -0.2) is 193 Å². The van der Waals surface area contributed by atoms with E-state index in [0.29, 0.717) is 12.8 Å². The molecule has 3 fully saturated rings. The standard InChI is InChI=1S/C57H103NO18/c1-3-5-7-9-11-13-15-17-18-19-20-21-23-24-26-28-30-32-34-41(62)40(58-45(63)35-33-31-29-27-25-22-16-14-12-10-8-6-4-2)39-71-55-51(69)48(66)53(43(37-60)73-55)76-57-52(70)49(67)54(44(38-61)74-57)75-56-50(68)47(65)46(64)42(36-59)72-56/h14,16,24,26,32,34,40-44,46-57,59-62,64-70H,3-13,15,17-23,25,27-31,33,35-39H2,1-2H3,(H,58,63)/b16-14-,26-24+,34-32+. The Kier molecular flexibility index (Phi) is 36.9. The summed E-state index contributed by atoms with van der Waals surface area (Å²) in [4.78, 5) is 13.3. The molecule has 19 nitrogen and oxygen atoms in total. The third-order valence-electron chi connectivity index (χ3n) is 14.7. The van der Waals surface area contributed by atoms with E-state index in [-0.39, 0.29) is 18.9 Å². The summed E-state index contributed by atoms with van der Waals surface area (Å²) in [7, 11) is 0. The molecule has 0 aromatic carbocycles. The molecule has 0 aliphatic carbocycles. The van der Waals surface area contributed by atoms with Crippen molar-refractivity contribution >= 4 is 5.91 Å². The Morgan fingerprint density at radius 1 is 0.461 bits per heavy atom. The van der Waals surface area contributed by atoms with Gasteiger partial charge in [-0.2, -0.15) is 0 Å². The van der Waals surface area contributed by atoms with Gasteiger partial charge in [0.25, 0.3) is 0 Å². The number of hydrogen-bond donors (Lipinski definition) is 12. The molecular formula is C57H103NO18. The number of carbonyl (C=O) groups excluding carboxylic acids is 1. The Balaban J connectivity index is 1.53. The van der Waals surface area contributed by atoms with Crippen LogP contribution in [0.4, 0.5) is 0 Å². The molecule has 0 aromatic rings. The third-order valence-corrected chi connectivity index (χ3v) is 14.7. The molecule has 3 aliphatic rings. The molecule has 17 unspecified atom stereocenters. The SMILES string of the molecule is CCCCCC/C=C\CCCCCCCC(=O)NC(COC1OC(CO)C(OC2OC(CO)C(OC3OC(CO)C(O)C(O)C3O)C(O)C2O)C(O)C1O)C(O)/C=C/CC/C=C/CCCCCCCCCCCCCC. The van der Waals surface area contributed by atoms with Gasteiger partial charge in [-0.05, 0) is 57.8 Å². The van der Waals surface area contributed by atoms with Crippen molar-refractivity contribution in [1.82, 2.24) is 5.32 Å². The van der Waals surface area contributed by atoms with Gasteiger partial charge in [0.05, 0.1) is 38.6 Å². The van der Waals surface area contributed by atoms with Gasteiger partial charge in [0.15, 0.2) is 18.9 Å². The average Bonchev–Trinajstić information content (AvgIpc) is 3.41. The van der Waals surface area contributed by atoms with Gasteiger partial charge in [0, 0.05) is 6.42 Å². The van der Waals surface area contributed by atoms with Gasteiger partial charge in [-0.1, -0.05) is 159 Å². The van der Waals surface area contributed by atoms with E-state index in [1.807, 2.05) is 6.08 Å². The predicted octanol–water partition coefficient (Wildman–Crippen LogP) is 4.54. The number of ether oxygens (including phenoxy) is 6. The minimum atomic E-state index is -1.98. The van der Waals surface area contributed by atoms with Crippen LogP contribution in [0.5, 0.6) is 0 Å². The lowest BCUT2D eigenvalue weighted by Crippen LogP contribution is -2.66. The van der Waals surface area contributed by atoms with E-state index in [0.717, 1.165) is 57.8 Å². The predicted molar refractivity (Wildman–Crippen MR) is 286 cm³/mol. The number of nitrogens with one attached hydrogen (secondary N) is 1. The number of amides is 1. The second kappa shape index (κ2) is 41.1. The Morgan fingerprint density at radius 2 is 0.842 bits per heavy atom. The molecule has 0 aromatic heterocycles. The van der Waals surface area contributed by atoms with Crippen molar-refractivity contribution < 1.29 is 89.4 Å². The zero-order valence-corrected chi connectivity index (χ0v) is 46.0. The molecule has 3 saturated heterocycles. The maximum Gasteiger partial charge on any atom is 0.220 e. The van der Waals surface area contributed by atoms with E-state index < -0.39 is 124 Å². The molecule has 0 saturated carbocycles. The van der Waals surface area contributed by atoms with Crippen LogP contribution in [0.3, 0.4) is 0 Å². The summed E-state index contributed by atoms with van der Waals surface area (Å²) in [5, 5.41) is 120. The van der Waals surface area contributed by atoms with Crippen LogP contribution in [0.25, 0.3) is 0 Å². The van der Waals surface area contributed by atoms with Gasteiger partial charge < -0.3 is 89.9 Å². The van der Waals surface area contributed by atoms with Crippen molar-refractivity contribution in [3.63, 3.8) is 0 Å². The lowest BCUT2D eigenvalue weighted by Gasteiger charge is -2.48. The topological polar surface area (TPSA) is 307 Å². The maximum absolute atomic E-state index is 13.3. The smallest absolute Gasteiger partial charge is 0.220 e. The molecule has 444 valence electrons. The van der Waals surface area contributed by atoms with Gasteiger partial charge in [0.2, 0.25) is 5.91 Å². The highest BCUT2D eigenvalue weighted by Gasteiger charge is 2.53. The van der Waals surface area contributed by atoms with Crippen molar-refractivity contribution in [1.29, 1.82) is 0 Å². The Hall–Kier alpha value is -1.99. The molecule has 3 rings (SSSR count). The van der Waals surface area contributed by atoms with E-state index in [1.165, 1.54) is 96.3 Å². The molecule has 12 N–H and O–H groups in total. The fraction of sp³-hybridized carbons (Fsp3) is 0.877. The first-order chi connectivity index (χ1) is 36.8. The summed E-state index contributed by atoms with van der Waals surface area (Å²) in [5.41, 5.74) is 0. The highest BCUT2D eigenvalue weighted by atomic mass is 16.8. The Labute approximate surface area is 453 Å². The highest BCUT2D eigenvalue weighted by molar-refractivity contribution is 5.76. The number of allylic oxidation sites excluding steroid dienone is 5. The molecule has 76 heavy (non-hydrogen) atoms. The summed E-state index contributed by atoms with van der Waals surface area (Å²) in [6.07, 6.45) is 15.6. The summed E-state index contributed by atoms with van der Waals surface area (Å²) >= 11 is 0. The lowest BCUT2D eigenvalue weighted by atomic mass is 9.96. The van der Waals surface area contributed by atoms with Crippen LogP contribution >= 0.6 is 0 Å². The number of hydrogen-bond acceptors (Lipinski definition) is 18. The molecule has 17 atom stereocenters. The second-order valence-electron chi connectivity index (χ2n) is 21.1. The number of aliphatic hydroxyl groups is 11. The zero-order chi connectivity index (χ0) is 55.5. The van der Waals surface area contributed by atoms with Gasteiger partial charge in [-0.15, -0.1) is 0 Å². The summed E-state index contributed by atoms with van der Waals surface area (Å²) in [6, 6.07) is -0.992. The quantitative estimate of drug-likeness (QED) is 0.0295. The Bertz CT molecular complexity index is 1540. The van der Waals surface area contributed by atoms with Gasteiger partial charge in [-0.25, -0.2) is 0 Å². The fourth-order valence-corrected chi connectivity index (χ4v) is 9.79. The summed E-state index contributed by atoms with van der Waals surface area (Å²) < 4.78 is 34.2. The maximum atomic E-state index is 13.3. The van der Waals surface area contributed by atoms with Crippen LogP contribution in [-0.2, 0) is 33.2 Å². The van der Waals surface area contributed by atoms with Gasteiger partial charge in [-0.3, -0.25) is 4.79 Å². The van der Waals surface area contributed by atoms with Crippen molar-refractivity contribution in [2.75, 3.05) is 26.4 Å². The minimum Gasteiger partial charge on any atom is -0.394 e. The monoisotopic (exact) mass is 1090 g/mol. The molecular weight excluding hydrogens is 987 g/mol. The lowest BCUT2D eigenvalue weighted by molar-refractivity contribution is -0.379. The molecule has 3 aliphatic heterocycles. The Morgan fingerprint density at radius 3 is 1.33 bits per heavy atom. The second-order valence-corrected chi connectivity index (χ2v) is 21.1. The molecule has 19 heteroatoms. The van der Waals surface area contributed by atoms with Crippen molar-refractivity contribution in [2.24, 2.45) is 0 Å². The fourth-order valence-electron chi connectivity index (χ4n) is 9.79. The average molecular weight is 1090 g/mol. The first-order valence-corrected chi connectivity index (χ1v) is 29.2. The van der Waals surface area contributed by atoms with Crippen molar-refractivity contribution in [3.05, 3.63) is 36.5 Å². The summed E-state index contributed by atoms with van der Waals surface area (Å²) in [6.45, 7) is 1.66. The molecule has 1 amide bonds. The van der Waals surface area contributed by atoms with Crippen molar-refractivity contribution in [3.8, 4) is 0 Å². The van der Waals surface area contributed by atoms with Crippen LogP contribution in [0.1, 0.15) is 187 Å². The minimum absolute atomic E-state index is 0.225. The number of unbranched alkanes of at least 4 members (excludes halogenated alkanes) is 22. The van der Waals surface area contributed by atoms with E-state index in [2.05, 4.69) is 43.5 Å². The van der Waals surface area contributed by atoms with E-state index in [9.17, 15) is 61.0 Å². The largest absolute Gasteiger partial charge is 0.394 e. The number of aliphatic hydroxyl groups excluding tert-OH is 11. The molecule has 0 bridgehead atoms. The summed E-state index contributed by atoms with van der Waals surface area (Å²) in [5.74, 6) is -0.296. The van der Waals surface area contributed by atoms with Crippen LogP contribution < -0.4 is 5.32 Å². The van der Waals surface area contributed by atoms with Crippen molar-refractivity contribution in [2.45, 2.75) is 291 Å². The molecule has 3 heterocycles. The van der Waals surface area contributed by atoms with E-state index in [4.69, 9.17) is 28.4 Å². The number of rotatable bonds is 42. The van der Waals surface area contributed by atoms with Crippen LogP contribution in [0, 0.1) is 0 Å². The number of carbonyl (C=O) groups is 1. The van der Waals surface area contributed by atoms with E-state index in [1.54, 1.807) is 6.08 Å². The first-order valence-electron chi connectivity index (χ1n) is 29.2. The molecule has 0 radical (unpaired) electrons. The third kappa shape index (κ3) is 25.2. The van der Waals surface area contributed by atoms with Gasteiger partial charge in [0.1, 0.15) is 73.2 Å². The van der Waals surface area contributed by atoms with E-state index >= 15 is 0 Å². The van der Waals surface area contributed by atoms with Crippen LogP contribution in [0.2, 0.25) is 0 Å². The molecule has 0 spiro atoms. The zero-order valence-electron chi connectivity index (χ0n) is 46.0. The van der Waals surface area contributed by atoms with Gasteiger partial charge >= 0.3 is 0 Å². The highest BCUT2D eigenvalue weighted by Crippen LogP contribution is 2.33. The normalized spacial score (nSPS) is 31.2.